The molecule has 0 N–H and O–H groups in total. The van der Waals surface area contributed by atoms with E-state index in [1.165, 1.54) is 50.3 Å². The summed E-state index contributed by atoms with van der Waals surface area (Å²) in [5.74, 6) is 0. The van der Waals surface area contributed by atoms with E-state index in [1.807, 2.05) is 18.2 Å². The normalized spacial score (nSPS) is 12.4. The highest BCUT2D eigenvalue weighted by Crippen LogP contribution is 2.45. The molecule has 5 aromatic rings. The second-order valence-corrected chi connectivity index (χ2v) is 9.53. The monoisotopic (exact) mass is 487 g/mol. The van der Waals surface area contributed by atoms with Gasteiger partial charge in [-0.2, -0.15) is 0 Å². The van der Waals surface area contributed by atoms with Gasteiger partial charge in [-0.3, -0.25) is 0 Å². The van der Waals surface area contributed by atoms with Crippen LogP contribution in [-0.2, 0) is 6.54 Å². The van der Waals surface area contributed by atoms with Crippen LogP contribution in [0.1, 0.15) is 11.1 Å². The fraction of sp³-hybridized carbons (Fsp3) is 0.0270. The van der Waals surface area contributed by atoms with Gasteiger partial charge in [0.25, 0.3) is 0 Å². The van der Waals surface area contributed by atoms with Gasteiger partial charge in [0.05, 0.1) is 0 Å². The molecule has 5 aromatic carbocycles. The van der Waals surface area contributed by atoms with Gasteiger partial charge in [-0.05, 0) is 74.8 Å². The summed E-state index contributed by atoms with van der Waals surface area (Å²) in [6, 6.07) is 43.6. The standard InChI is InChI=1S/C37H29N/c1-3-11-27(4-2)31-20-23-37-36(25-31)35-24-32(29-14-9-6-10-15-29)16-17-33(35)26-38(37)34-21-18-30(19-22-34)28-12-7-5-8-13-28/h3-25H,1-2,26H2/b27-11+. The summed E-state index contributed by atoms with van der Waals surface area (Å²) in [5.41, 5.74) is 13.3. The van der Waals surface area contributed by atoms with E-state index < -0.39 is 0 Å². The summed E-state index contributed by atoms with van der Waals surface area (Å²) in [6.45, 7) is 8.74. The molecule has 0 amide bonds. The van der Waals surface area contributed by atoms with E-state index in [9.17, 15) is 0 Å². The van der Waals surface area contributed by atoms with E-state index in [-0.39, 0.29) is 0 Å². The second-order valence-electron chi connectivity index (χ2n) is 9.53. The van der Waals surface area contributed by atoms with Crippen molar-refractivity contribution in [2.24, 2.45) is 0 Å². The van der Waals surface area contributed by atoms with Crippen LogP contribution in [-0.4, -0.2) is 0 Å². The van der Waals surface area contributed by atoms with Crippen molar-refractivity contribution in [3.63, 3.8) is 0 Å². The lowest BCUT2D eigenvalue weighted by Crippen LogP contribution is -2.21. The minimum atomic E-state index is 0.818. The first-order chi connectivity index (χ1) is 18.7. The van der Waals surface area contributed by atoms with Crippen LogP contribution in [0.3, 0.4) is 0 Å². The molecular formula is C37H29N. The molecule has 0 spiro atoms. The number of benzene rings is 5. The minimum Gasteiger partial charge on any atom is -0.336 e. The largest absolute Gasteiger partial charge is 0.336 e. The second kappa shape index (κ2) is 10.2. The summed E-state index contributed by atoms with van der Waals surface area (Å²) in [7, 11) is 0. The quantitative estimate of drug-likeness (QED) is 0.215. The molecule has 0 unspecified atom stereocenters. The third-order valence-electron chi connectivity index (χ3n) is 7.26. The van der Waals surface area contributed by atoms with Gasteiger partial charge in [0, 0.05) is 23.5 Å². The summed E-state index contributed by atoms with van der Waals surface area (Å²) in [4.78, 5) is 2.42. The van der Waals surface area contributed by atoms with Crippen LogP contribution in [0.15, 0.2) is 153 Å². The third kappa shape index (κ3) is 4.40. The smallest absolute Gasteiger partial charge is 0.0494 e. The third-order valence-corrected chi connectivity index (χ3v) is 7.26. The number of hydrogen-bond acceptors (Lipinski definition) is 1. The molecule has 1 heteroatoms. The van der Waals surface area contributed by atoms with Crippen LogP contribution in [0.5, 0.6) is 0 Å². The SMILES string of the molecule is C=C/C=C(\C=C)c1ccc2c(c1)-c1cc(-c3ccccc3)ccc1CN2c1ccc(-c2ccccc2)cc1. The molecule has 1 aliphatic rings. The zero-order valence-corrected chi connectivity index (χ0v) is 21.3. The number of fused-ring (bicyclic) bond motifs is 3. The molecule has 0 atom stereocenters. The van der Waals surface area contributed by atoms with Crippen LogP contribution >= 0.6 is 0 Å². The molecule has 1 heterocycles. The van der Waals surface area contributed by atoms with E-state index in [0.717, 1.165) is 17.7 Å². The Labute approximate surface area is 225 Å². The van der Waals surface area contributed by atoms with E-state index in [0.29, 0.717) is 0 Å². The molecule has 38 heavy (non-hydrogen) atoms. The number of rotatable bonds is 6. The maximum absolute atomic E-state index is 4.04. The zero-order valence-electron chi connectivity index (χ0n) is 21.3. The van der Waals surface area contributed by atoms with E-state index in [4.69, 9.17) is 0 Å². The van der Waals surface area contributed by atoms with Crippen molar-refractivity contribution in [1.82, 2.24) is 0 Å². The summed E-state index contributed by atoms with van der Waals surface area (Å²) in [6.07, 6.45) is 5.73. The highest BCUT2D eigenvalue weighted by Gasteiger charge is 2.24. The molecule has 182 valence electrons. The van der Waals surface area contributed by atoms with Crippen LogP contribution < -0.4 is 4.90 Å². The molecule has 0 bridgehead atoms. The lowest BCUT2D eigenvalue weighted by molar-refractivity contribution is 0.961. The molecule has 0 saturated heterocycles. The maximum atomic E-state index is 4.04. The van der Waals surface area contributed by atoms with Crippen molar-refractivity contribution >= 4 is 16.9 Å². The first-order valence-corrected chi connectivity index (χ1v) is 13.0. The fourth-order valence-electron chi connectivity index (χ4n) is 5.30. The predicted octanol–water partition coefficient (Wildman–Crippen LogP) is 10.1. The van der Waals surface area contributed by atoms with E-state index >= 15 is 0 Å². The Kier molecular flexibility index (Phi) is 6.34. The van der Waals surface area contributed by atoms with E-state index in [1.54, 1.807) is 0 Å². The number of hydrogen-bond donors (Lipinski definition) is 0. The van der Waals surface area contributed by atoms with Crippen LogP contribution in [0.2, 0.25) is 0 Å². The van der Waals surface area contributed by atoms with Crippen LogP contribution in [0.4, 0.5) is 11.4 Å². The fourth-order valence-corrected chi connectivity index (χ4v) is 5.30. The molecule has 1 aliphatic heterocycles. The van der Waals surface area contributed by atoms with Gasteiger partial charge >= 0.3 is 0 Å². The molecule has 0 radical (unpaired) electrons. The molecule has 6 rings (SSSR count). The molecule has 0 fully saturated rings. The average Bonchev–Trinajstić information content (AvgIpc) is 3.00. The average molecular weight is 488 g/mol. The summed E-state index contributed by atoms with van der Waals surface area (Å²) < 4.78 is 0. The van der Waals surface area contributed by atoms with Crippen LogP contribution in [0.25, 0.3) is 39.0 Å². The van der Waals surface area contributed by atoms with Gasteiger partial charge in [0.15, 0.2) is 0 Å². The van der Waals surface area contributed by atoms with E-state index in [2.05, 4.69) is 139 Å². The van der Waals surface area contributed by atoms with Crippen molar-refractivity contribution in [2.45, 2.75) is 6.54 Å². The van der Waals surface area contributed by atoms with Crippen molar-refractivity contribution < 1.29 is 0 Å². The first kappa shape index (κ1) is 23.5. The lowest BCUT2D eigenvalue weighted by atomic mass is 9.88. The van der Waals surface area contributed by atoms with Crippen molar-refractivity contribution in [3.8, 4) is 33.4 Å². The molecule has 1 nitrogen and oxygen atoms in total. The number of nitrogens with zero attached hydrogens (tertiary/aromatic N) is 1. The minimum absolute atomic E-state index is 0.818. The van der Waals surface area contributed by atoms with Crippen LogP contribution in [0, 0.1) is 0 Å². The summed E-state index contributed by atoms with van der Waals surface area (Å²) >= 11 is 0. The Morgan fingerprint density at radius 1 is 0.605 bits per heavy atom. The van der Waals surface area contributed by atoms with Crippen molar-refractivity contribution in [2.75, 3.05) is 4.90 Å². The van der Waals surface area contributed by atoms with Crippen molar-refractivity contribution in [1.29, 1.82) is 0 Å². The Hall–Kier alpha value is -4.88. The molecule has 0 saturated carbocycles. The Morgan fingerprint density at radius 2 is 1.24 bits per heavy atom. The highest BCUT2D eigenvalue weighted by molar-refractivity contribution is 5.92. The topological polar surface area (TPSA) is 3.24 Å². The maximum Gasteiger partial charge on any atom is 0.0494 e. The first-order valence-electron chi connectivity index (χ1n) is 13.0. The van der Waals surface area contributed by atoms with Gasteiger partial charge in [-0.1, -0.05) is 122 Å². The highest BCUT2D eigenvalue weighted by atomic mass is 15.1. The molecule has 0 aromatic heterocycles. The number of allylic oxidation sites excluding steroid dienone is 4. The van der Waals surface area contributed by atoms with Gasteiger partial charge in [0.1, 0.15) is 0 Å². The van der Waals surface area contributed by atoms with Gasteiger partial charge < -0.3 is 4.90 Å². The van der Waals surface area contributed by atoms with Gasteiger partial charge in [0.2, 0.25) is 0 Å². The predicted molar refractivity (Wildman–Crippen MR) is 163 cm³/mol. The lowest BCUT2D eigenvalue weighted by Gasteiger charge is -2.34. The Bertz CT molecular complexity index is 1640. The number of anilines is 2. The Morgan fingerprint density at radius 3 is 1.89 bits per heavy atom. The Balaban J connectivity index is 1.47. The van der Waals surface area contributed by atoms with Gasteiger partial charge in [-0.15, -0.1) is 0 Å². The zero-order chi connectivity index (χ0) is 25.9. The molecule has 0 aliphatic carbocycles. The van der Waals surface area contributed by atoms with Gasteiger partial charge in [-0.25, -0.2) is 0 Å². The summed E-state index contributed by atoms with van der Waals surface area (Å²) in [5, 5.41) is 0. The van der Waals surface area contributed by atoms with Crippen molar-refractivity contribution in [3.05, 3.63) is 164 Å². The molecular weight excluding hydrogens is 458 g/mol.